The van der Waals surface area contributed by atoms with Crippen LogP contribution in [0.25, 0.3) is 0 Å². The van der Waals surface area contributed by atoms with Gasteiger partial charge in [-0.25, -0.2) is 9.99 Å². The van der Waals surface area contributed by atoms with Crippen molar-refractivity contribution in [3.8, 4) is 0 Å². The quantitative estimate of drug-likeness (QED) is 0.482. The smallest absolute Gasteiger partial charge is 0.142 e. The Kier molecular flexibility index (Phi) is 5.23. The first kappa shape index (κ1) is 14.4. The van der Waals surface area contributed by atoms with Crippen molar-refractivity contribution in [2.24, 2.45) is 5.92 Å². The Morgan fingerprint density at radius 2 is 2.37 bits per heavy atom. The van der Waals surface area contributed by atoms with E-state index in [2.05, 4.69) is 29.0 Å². The second-order valence-electron chi connectivity index (χ2n) is 5.19. The molecule has 104 valence electrons. The Hall–Kier alpha value is -1.06. The normalized spacial score (nSPS) is 22.7. The predicted molar refractivity (Wildman–Crippen MR) is 81.2 cm³/mol. The molecule has 2 atom stereocenters. The molecule has 0 bridgehead atoms. The van der Waals surface area contributed by atoms with E-state index in [9.17, 15) is 0 Å². The second kappa shape index (κ2) is 6.92. The van der Waals surface area contributed by atoms with Crippen molar-refractivity contribution in [1.82, 2.24) is 9.99 Å². The Balaban J connectivity index is 1.94. The summed E-state index contributed by atoms with van der Waals surface area (Å²) in [4.78, 5) is 4.27. The van der Waals surface area contributed by atoms with Crippen molar-refractivity contribution < 1.29 is 0 Å². The molecule has 0 spiro atoms. The van der Waals surface area contributed by atoms with Crippen LogP contribution in [0.2, 0.25) is 5.15 Å². The molecule has 19 heavy (non-hydrogen) atoms. The molecular formula is C15H22ClN3. The molecule has 0 aliphatic heterocycles. The lowest BCUT2D eigenvalue weighted by atomic mass is 9.97. The molecule has 2 unspecified atom stereocenters. The molecule has 2 rings (SSSR count). The third kappa shape index (κ3) is 3.95. The van der Waals surface area contributed by atoms with Crippen LogP contribution in [0.15, 0.2) is 30.9 Å². The van der Waals surface area contributed by atoms with Crippen molar-refractivity contribution in [3.05, 3.63) is 36.0 Å². The maximum Gasteiger partial charge on any atom is 0.142 e. The van der Waals surface area contributed by atoms with Crippen LogP contribution in [0.5, 0.6) is 0 Å². The molecule has 0 radical (unpaired) electrons. The lowest BCUT2D eigenvalue weighted by molar-refractivity contribution is 0.226. The Morgan fingerprint density at radius 1 is 1.53 bits per heavy atom. The number of aromatic nitrogens is 1. The molecule has 1 saturated carbocycles. The first-order chi connectivity index (χ1) is 9.20. The number of hydrazine groups is 1. The molecule has 1 N–H and O–H groups in total. The minimum Gasteiger partial charge on any atom is -0.303 e. The van der Waals surface area contributed by atoms with Crippen molar-refractivity contribution >= 4 is 17.4 Å². The molecule has 1 aromatic rings. The van der Waals surface area contributed by atoms with Crippen LogP contribution in [-0.4, -0.2) is 23.1 Å². The van der Waals surface area contributed by atoms with E-state index in [4.69, 9.17) is 11.6 Å². The molecule has 0 saturated heterocycles. The molecule has 4 heteroatoms. The highest BCUT2D eigenvalue weighted by atomic mass is 35.5. The molecule has 0 aromatic carbocycles. The first-order valence-electron chi connectivity index (χ1n) is 6.93. The number of hydrogen-bond acceptors (Lipinski definition) is 3. The Bertz CT molecular complexity index is 422. The SMILES string of the molecule is C=CCCC1CCCC1N(C)Nc1cccc(Cl)n1. The summed E-state index contributed by atoms with van der Waals surface area (Å²) in [5, 5.41) is 2.72. The van der Waals surface area contributed by atoms with Gasteiger partial charge in [0, 0.05) is 13.1 Å². The maximum atomic E-state index is 5.90. The van der Waals surface area contributed by atoms with Gasteiger partial charge in [0.05, 0.1) is 0 Å². The number of anilines is 1. The topological polar surface area (TPSA) is 28.2 Å². The molecule has 3 nitrogen and oxygen atoms in total. The van der Waals surface area contributed by atoms with Crippen LogP contribution in [0.4, 0.5) is 5.82 Å². The number of halogens is 1. The largest absolute Gasteiger partial charge is 0.303 e. The zero-order valence-electron chi connectivity index (χ0n) is 11.5. The van der Waals surface area contributed by atoms with Crippen molar-refractivity contribution in [2.75, 3.05) is 12.5 Å². The highest BCUT2D eigenvalue weighted by Gasteiger charge is 2.29. The van der Waals surface area contributed by atoms with Crippen LogP contribution >= 0.6 is 11.6 Å². The summed E-state index contributed by atoms with van der Waals surface area (Å²) in [5.41, 5.74) is 3.34. The van der Waals surface area contributed by atoms with Gasteiger partial charge in [-0.15, -0.1) is 6.58 Å². The minimum atomic E-state index is 0.521. The summed E-state index contributed by atoms with van der Waals surface area (Å²) in [5.74, 6) is 1.55. The molecule has 1 aliphatic carbocycles. The summed E-state index contributed by atoms with van der Waals surface area (Å²) in [6.07, 6.45) is 8.20. The Labute approximate surface area is 120 Å². The highest BCUT2D eigenvalue weighted by molar-refractivity contribution is 6.29. The van der Waals surface area contributed by atoms with Crippen LogP contribution in [0.3, 0.4) is 0 Å². The van der Waals surface area contributed by atoms with Gasteiger partial charge in [0.15, 0.2) is 0 Å². The number of hydrogen-bond donors (Lipinski definition) is 1. The van der Waals surface area contributed by atoms with Gasteiger partial charge in [-0.3, -0.25) is 0 Å². The average molecular weight is 280 g/mol. The van der Waals surface area contributed by atoms with E-state index in [1.165, 1.54) is 25.7 Å². The van der Waals surface area contributed by atoms with Crippen LogP contribution in [0.1, 0.15) is 32.1 Å². The van der Waals surface area contributed by atoms with E-state index >= 15 is 0 Å². The summed E-state index contributed by atoms with van der Waals surface area (Å²) >= 11 is 5.90. The highest BCUT2D eigenvalue weighted by Crippen LogP contribution is 2.32. The van der Waals surface area contributed by atoms with Crippen molar-refractivity contribution in [2.45, 2.75) is 38.1 Å². The predicted octanol–water partition coefficient (Wildman–Crippen LogP) is 4.13. The molecule has 1 heterocycles. The minimum absolute atomic E-state index is 0.521. The molecule has 1 aromatic heterocycles. The lowest BCUT2D eigenvalue weighted by Gasteiger charge is -2.30. The van der Waals surface area contributed by atoms with Crippen LogP contribution < -0.4 is 5.43 Å². The van der Waals surface area contributed by atoms with E-state index in [1.807, 2.05) is 18.2 Å². The molecule has 1 fully saturated rings. The van der Waals surface area contributed by atoms with E-state index < -0.39 is 0 Å². The summed E-state index contributed by atoms with van der Waals surface area (Å²) in [6.45, 7) is 3.82. The summed E-state index contributed by atoms with van der Waals surface area (Å²) in [6, 6.07) is 6.21. The summed E-state index contributed by atoms with van der Waals surface area (Å²) < 4.78 is 0. The third-order valence-corrected chi connectivity index (χ3v) is 4.07. The molecule has 1 aliphatic rings. The van der Waals surface area contributed by atoms with E-state index in [-0.39, 0.29) is 0 Å². The van der Waals surface area contributed by atoms with Gasteiger partial charge in [-0.05, 0) is 43.7 Å². The summed E-state index contributed by atoms with van der Waals surface area (Å²) in [7, 11) is 2.10. The van der Waals surface area contributed by atoms with E-state index in [0.29, 0.717) is 11.2 Å². The van der Waals surface area contributed by atoms with Gasteiger partial charge >= 0.3 is 0 Å². The maximum absolute atomic E-state index is 5.90. The van der Waals surface area contributed by atoms with Crippen LogP contribution in [-0.2, 0) is 0 Å². The number of nitrogens with one attached hydrogen (secondary N) is 1. The zero-order chi connectivity index (χ0) is 13.7. The van der Waals surface area contributed by atoms with Crippen molar-refractivity contribution in [3.63, 3.8) is 0 Å². The lowest BCUT2D eigenvalue weighted by Crippen LogP contribution is -2.39. The zero-order valence-corrected chi connectivity index (χ0v) is 12.2. The standard InChI is InChI=1S/C15H22ClN3/c1-3-4-7-12-8-5-9-13(12)19(2)18-15-11-6-10-14(16)17-15/h3,6,10-13H,1,4-5,7-9H2,2H3,(H,17,18). The number of allylic oxidation sites excluding steroid dienone is 1. The van der Waals surface area contributed by atoms with Crippen LogP contribution in [0, 0.1) is 5.92 Å². The third-order valence-electron chi connectivity index (χ3n) is 3.86. The van der Waals surface area contributed by atoms with Crippen molar-refractivity contribution in [1.29, 1.82) is 0 Å². The fourth-order valence-corrected chi connectivity index (χ4v) is 3.09. The fraction of sp³-hybridized carbons (Fsp3) is 0.533. The van der Waals surface area contributed by atoms with Gasteiger partial charge in [-0.2, -0.15) is 0 Å². The number of pyridine rings is 1. The second-order valence-corrected chi connectivity index (χ2v) is 5.58. The van der Waals surface area contributed by atoms with E-state index in [0.717, 1.165) is 18.2 Å². The van der Waals surface area contributed by atoms with Gasteiger partial charge in [-0.1, -0.05) is 30.2 Å². The number of nitrogens with zero attached hydrogens (tertiary/aromatic N) is 2. The Morgan fingerprint density at radius 3 is 3.11 bits per heavy atom. The monoisotopic (exact) mass is 279 g/mol. The van der Waals surface area contributed by atoms with Gasteiger partial charge < -0.3 is 5.43 Å². The number of rotatable bonds is 6. The van der Waals surface area contributed by atoms with Gasteiger partial charge in [0.1, 0.15) is 11.0 Å². The van der Waals surface area contributed by atoms with Gasteiger partial charge in [0.2, 0.25) is 0 Å². The molecule has 0 amide bonds. The van der Waals surface area contributed by atoms with Gasteiger partial charge in [0.25, 0.3) is 0 Å². The molecular weight excluding hydrogens is 258 g/mol. The average Bonchev–Trinajstić information content (AvgIpc) is 2.84. The van der Waals surface area contributed by atoms with E-state index in [1.54, 1.807) is 6.07 Å². The first-order valence-corrected chi connectivity index (χ1v) is 7.31. The fourth-order valence-electron chi connectivity index (χ4n) is 2.93.